The van der Waals surface area contributed by atoms with Gasteiger partial charge in [-0.1, -0.05) is 53.7 Å². The Bertz CT molecular complexity index is 1960. The highest BCUT2D eigenvalue weighted by Gasteiger charge is 2.44. The molecule has 1 aliphatic heterocycles. The van der Waals surface area contributed by atoms with Crippen LogP contribution < -0.4 is 49.1 Å². The summed E-state index contributed by atoms with van der Waals surface area (Å²) in [6.45, 7) is 13.9. The van der Waals surface area contributed by atoms with Gasteiger partial charge < -0.3 is 74.1 Å². The molecule has 11 atom stereocenters. The third kappa shape index (κ3) is 21.2. The smallest absolute Gasteiger partial charge is 0.246 e. The van der Waals surface area contributed by atoms with Gasteiger partial charge in [0.15, 0.2) is 5.78 Å². The number of aliphatic hydroxyl groups is 3. The van der Waals surface area contributed by atoms with Crippen LogP contribution >= 0.6 is 11.8 Å². The molecule has 0 radical (unpaired) electrons. The molecule has 24 nitrogen and oxygen atoms in total. The molecular formula is C46H80N10O14S2. The molecule has 0 aliphatic carbocycles. The number of Topliss-reactive ketones (excluding diaryl/α,β-unsaturated/α-hetero) is 1. The fourth-order valence-corrected chi connectivity index (χ4v) is 9.27. The quantitative estimate of drug-likeness (QED) is 0.0279. The van der Waals surface area contributed by atoms with Crippen LogP contribution in [0.3, 0.4) is 0 Å². The summed E-state index contributed by atoms with van der Waals surface area (Å²) >= 11 is 1.63. The first-order valence-electron chi connectivity index (χ1n) is 23.9. The zero-order valence-electron chi connectivity index (χ0n) is 42.8. The van der Waals surface area contributed by atoms with E-state index in [0.29, 0.717) is 24.4 Å². The zero-order chi connectivity index (χ0) is 55.0. The molecule has 0 bridgehead atoms. The molecule has 1 heterocycles. The van der Waals surface area contributed by atoms with Crippen LogP contribution in [0.25, 0.3) is 0 Å². The molecule has 1 aliphatic rings. The molecular weight excluding hydrogens is 981 g/mol. The lowest BCUT2D eigenvalue weighted by atomic mass is 9.86. The van der Waals surface area contributed by atoms with E-state index in [-0.39, 0.29) is 36.3 Å². The normalized spacial score (nSPS) is 19.0. The number of primary amides is 2. The number of thioether (sulfide) groups is 1. The van der Waals surface area contributed by atoms with Gasteiger partial charge in [0.25, 0.3) is 0 Å². The summed E-state index contributed by atoms with van der Waals surface area (Å²) in [5.41, 5.74) is 16.2. The van der Waals surface area contributed by atoms with E-state index in [2.05, 4.69) is 38.5 Å². The molecule has 2 unspecified atom stereocenters. The number of aliphatic hydroxyl groups excluding tert-OH is 3. The van der Waals surface area contributed by atoms with Gasteiger partial charge >= 0.3 is 0 Å². The Hall–Kier alpha value is -4.99. The fourth-order valence-electron chi connectivity index (χ4n) is 7.45. The van der Waals surface area contributed by atoms with E-state index in [1.807, 2.05) is 26.8 Å². The monoisotopic (exact) mass is 1060 g/mol. The maximum absolute atomic E-state index is 14.3. The van der Waals surface area contributed by atoms with Crippen LogP contribution in [-0.2, 0) is 58.7 Å². The van der Waals surface area contributed by atoms with Crippen molar-refractivity contribution >= 4 is 75.6 Å². The molecule has 26 heteroatoms. The Morgan fingerprint density at radius 3 is 2.15 bits per heavy atom. The molecule has 0 aromatic rings. The van der Waals surface area contributed by atoms with Crippen molar-refractivity contribution in [1.29, 1.82) is 0 Å². The standard InChI is InChI=1S/C46H80N10O14S2/c1-10-26(4)32(17-30(59)20-50-28(6)58)42(65)51-21-39(63)53-34(24-72(69)29(7)52-37(46(8,70-9)25(2)3)13-16-71-15-12-11-14-47)43(66)54-33(19-38(48)62)45(68)56-22-31(60)18-35(56)44(67)55-40(41(49)64)27(5)36(61)23-57/h13,25-27,31-36,40,52,57,60-61H,7,10-12,14-24,47H2,1-6,8-9H3,(H2,48,62)(H2,49,64)(H,50,58)(H,51,65)(H,53,63)(H,54,66)(H,55,67)/b37-13-/t26-,27-,31+,32-,33-,34-,35-,36-,40-,46?,72?/m0/s1. The second kappa shape index (κ2) is 32.2. The lowest BCUT2D eigenvalue weighted by molar-refractivity contribution is -0.143. The number of ketones is 1. The van der Waals surface area contributed by atoms with Gasteiger partial charge in [0, 0.05) is 56.7 Å². The number of amides is 8. The Kier molecular flexibility index (Phi) is 29.1. The molecule has 0 aromatic carbocycles. The van der Waals surface area contributed by atoms with Gasteiger partial charge in [-0.25, -0.2) is 0 Å². The highest BCUT2D eigenvalue weighted by molar-refractivity contribution is 7.99. The maximum atomic E-state index is 14.3. The largest absolute Gasteiger partial charge is 0.394 e. The zero-order valence-corrected chi connectivity index (χ0v) is 44.4. The van der Waals surface area contributed by atoms with Gasteiger partial charge in [0.1, 0.15) is 29.8 Å². The van der Waals surface area contributed by atoms with Crippen LogP contribution in [0.4, 0.5) is 0 Å². The third-order valence-corrected chi connectivity index (χ3v) is 14.9. The summed E-state index contributed by atoms with van der Waals surface area (Å²) in [5.74, 6) is -9.83. The first-order valence-corrected chi connectivity index (χ1v) is 26.3. The van der Waals surface area contributed by atoms with Crippen LogP contribution in [0.1, 0.15) is 87.0 Å². The number of nitrogens with one attached hydrogen (secondary N) is 6. The number of likely N-dealkylation sites (tertiary alicyclic amines) is 1. The first kappa shape index (κ1) is 65.0. The molecule has 0 spiro atoms. The molecule has 72 heavy (non-hydrogen) atoms. The number of β-amino-alcohol motifs (C(OH)–C–C–N with tert-alkyl or cyclic N) is 1. The number of nitrogens with two attached hydrogens (primary N) is 3. The molecule has 1 fully saturated rings. The minimum absolute atomic E-state index is 0.112. The lowest BCUT2D eigenvalue weighted by Gasteiger charge is -2.36. The third-order valence-electron chi connectivity index (χ3n) is 12.6. The fraction of sp³-hybridized carbons (Fsp3) is 0.717. The Morgan fingerprint density at radius 2 is 1.61 bits per heavy atom. The van der Waals surface area contributed by atoms with Crippen molar-refractivity contribution in [2.75, 3.05) is 57.2 Å². The Morgan fingerprint density at radius 1 is 0.958 bits per heavy atom. The number of carbonyl (C=O) groups excluding carboxylic acids is 9. The second-order valence-corrected chi connectivity index (χ2v) is 21.0. The molecule has 0 aromatic heterocycles. The molecule has 1 saturated heterocycles. The van der Waals surface area contributed by atoms with Crippen LogP contribution in [0.15, 0.2) is 23.4 Å². The second-order valence-electron chi connectivity index (χ2n) is 18.3. The number of methoxy groups -OCH3 is 1. The van der Waals surface area contributed by atoms with Crippen molar-refractivity contribution < 1.29 is 67.4 Å². The van der Waals surface area contributed by atoms with Gasteiger partial charge in [-0.15, -0.1) is 0 Å². The number of unbranched alkanes of at least 4 members (excludes halogenated alkanes) is 1. The number of rotatable bonds is 35. The molecule has 1 rings (SSSR count). The predicted molar refractivity (Wildman–Crippen MR) is 271 cm³/mol. The SMILES string of the molecule is C=C(N/C(=C\CSCCCCN)C(C)(OC)C(C)C)S(=O)C[C@H](NC(=O)CNC(=O)[C@@H](CC(=O)CNC(C)=O)[C@@H](C)CC)C(=O)N[C@@H](CC(N)=O)C(=O)N1C[C@H](O)C[C@H]1C(=O)N[C@H](C(N)=O)[C@@H](C)[C@@H](O)CO. The topological polar surface area (TPSA) is 394 Å². The van der Waals surface area contributed by atoms with Crippen molar-refractivity contribution in [2.24, 2.45) is 40.9 Å². The number of ether oxygens (including phenoxy) is 1. The lowest BCUT2D eigenvalue weighted by Crippen LogP contribution is -2.60. The van der Waals surface area contributed by atoms with Crippen LogP contribution in [0, 0.1) is 23.7 Å². The average Bonchev–Trinajstić information content (AvgIpc) is 3.73. The van der Waals surface area contributed by atoms with Gasteiger partial charge in [-0.2, -0.15) is 11.8 Å². The first-order chi connectivity index (χ1) is 33.7. The minimum Gasteiger partial charge on any atom is -0.394 e. The summed E-state index contributed by atoms with van der Waals surface area (Å²) in [5, 5.41) is 45.2. The highest BCUT2D eigenvalue weighted by Crippen LogP contribution is 2.29. The van der Waals surface area contributed by atoms with E-state index < -0.39 is 150 Å². The maximum Gasteiger partial charge on any atom is 0.246 e. The van der Waals surface area contributed by atoms with Crippen LogP contribution in [0.2, 0.25) is 0 Å². The molecule has 15 N–H and O–H groups in total. The molecule has 410 valence electrons. The Labute approximate surface area is 428 Å². The van der Waals surface area contributed by atoms with Gasteiger partial charge in [-0.3, -0.25) is 47.4 Å². The van der Waals surface area contributed by atoms with Gasteiger partial charge in [0.05, 0.1) is 59.9 Å². The Balaban J connectivity index is 3.66. The van der Waals surface area contributed by atoms with Crippen molar-refractivity contribution in [2.45, 2.75) is 129 Å². The predicted octanol–water partition coefficient (Wildman–Crippen LogP) is -3.15. The number of hydrogen-bond donors (Lipinski definition) is 12. The summed E-state index contributed by atoms with van der Waals surface area (Å²) in [6, 6.07) is -6.71. The summed E-state index contributed by atoms with van der Waals surface area (Å²) < 4.78 is 20.1. The van der Waals surface area contributed by atoms with Crippen molar-refractivity contribution in [1.82, 2.24) is 36.8 Å². The van der Waals surface area contributed by atoms with Crippen LogP contribution in [0.5, 0.6) is 0 Å². The van der Waals surface area contributed by atoms with Crippen molar-refractivity contribution in [3.8, 4) is 0 Å². The van der Waals surface area contributed by atoms with E-state index in [0.717, 1.165) is 23.5 Å². The number of nitrogens with zero attached hydrogens (tertiary/aromatic N) is 1. The number of carbonyl (C=O) groups is 9. The van der Waals surface area contributed by atoms with E-state index in [1.165, 1.54) is 21.0 Å². The summed E-state index contributed by atoms with van der Waals surface area (Å²) in [6.07, 6.45) is -0.213. The molecule has 8 amide bonds. The van der Waals surface area contributed by atoms with E-state index >= 15 is 0 Å². The number of hydrogen-bond acceptors (Lipinski definition) is 17. The van der Waals surface area contributed by atoms with Gasteiger partial charge in [-0.05, 0) is 43.9 Å². The van der Waals surface area contributed by atoms with Crippen LogP contribution in [-0.4, -0.2) is 177 Å². The summed E-state index contributed by atoms with van der Waals surface area (Å²) in [7, 11) is -0.713. The minimum atomic E-state index is -2.22. The van der Waals surface area contributed by atoms with Gasteiger partial charge in [0.2, 0.25) is 47.3 Å². The van der Waals surface area contributed by atoms with Crippen molar-refractivity contribution in [3.05, 3.63) is 23.4 Å². The summed E-state index contributed by atoms with van der Waals surface area (Å²) in [4.78, 5) is 119. The highest BCUT2D eigenvalue weighted by atomic mass is 32.2. The van der Waals surface area contributed by atoms with E-state index in [1.54, 1.807) is 25.6 Å². The van der Waals surface area contributed by atoms with E-state index in [4.69, 9.17) is 21.9 Å². The van der Waals surface area contributed by atoms with Crippen molar-refractivity contribution in [3.63, 3.8) is 0 Å². The molecule has 0 saturated carbocycles. The average molecular weight is 1060 g/mol. The van der Waals surface area contributed by atoms with E-state index in [9.17, 15) is 62.7 Å².